The van der Waals surface area contributed by atoms with Gasteiger partial charge >= 0.3 is 11.9 Å². The fourth-order valence-corrected chi connectivity index (χ4v) is 7.81. The van der Waals surface area contributed by atoms with Crippen LogP contribution in [0.3, 0.4) is 0 Å². The summed E-state index contributed by atoms with van der Waals surface area (Å²) in [5.74, 6) is -4.41. The Morgan fingerprint density at radius 1 is 1.23 bits per heavy atom. The van der Waals surface area contributed by atoms with E-state index in [4.69, 9.17) is 4.74 Å². The van der Waals surface area contributed by atoms with Gasteiger partial charge in [0, 0.05) is 36.0 Å². The molecule has 35 heavy (non-hydrogen) atoms. The fraction of sp³-hybridized carbons (Fsp3) is 0.731. The van der Waals surface area contributed by atoms with Crippen LogP contribution in [0.2, 0.25) is 0 Å². The van der Waals surface area contributed by atoms with E-state index < -0.39 is 77.0 Å². The number of esters is 2. The Labute approximate surface area is 202 Å². The molecule has 2 saturated carbocycles. The molecule has 0 unspecified atom stereocenters. The van der Waals surface area contributed by atoms with Gasteiger partial charge in [-0.15, -0.1) is 0 Å². The molecule has 0 radical (unpaired) electrons. The first kappa shape index (κ1) is 25.9. The number of ketones is 1. The fourth-order valence-electron chi connectivity index (χ4n) is 7.81. The van der Waals surface area contributed by atoms with E-state index in [-0.39, 0.29) is 37.0 Å². The van der Waals surface area contributed by atoms with Gasteiger partial charge in [0.2, 0.25) is 6.86 Å². The van der Waals surface area contributed by atoms with Crippen LogP contribution in [0, 0.1) is 28.6 Å². The van der Waals surface area contributed by atoms with Gasteiger partial charge < -0.3 is 14.6 Å². The molecular formula is C26H33F3O6. The summed E-state index contributed by atoms with van der Waals surface area (Å²) in [5.41, 5.74) is -6.33. The van der Waals surface area contributed by atoms with E-state index >= 15 is 8.78 Å². The maximum absolute atomic E-state index is 17.3. The molecule has 1 N–H and O–H groups in total. The summed E-state index contributed by atoms with van der Waals surface area (Å²) in [6.07, 6.45) is 0.180. The monoisotopic (exact) mass is 498 g/mol. The molecule has 0 aromatic rings. The van der Waals surface area contributed by atoms with Gasteiger partial charge in [-0.05, 0) is 43.3 Å². The number of aliphatic hydroxyl groups excluding tert-OH is 1. The Balaban J connectivity index is 1.85. The molecule has 0 aromatic carbocycles. The van der Waals surface area contributed by atoms with E-state index in [9.17, 15) is 23.9 Å². The van der Waals surface area contributed by atoms with Crippen LogP contribution >= 0.6 is 0 Å². The van der Waals surface area contributed by atoms with E-state index in [0.717, 1.165) is 0 Å². The number of carbonyl (C=O) groups excluding carboxylic acids is 3. The predicted molar refractivity (Wildman–Crippen MR) is 119 cm³/mol. The Hall–Kier alpha value is -2.16. The SMILES string of the molecule is CCC(=O)O[C@]1(CC(=O)OCF)[C@H](C)C[C@H]2[C@@H]3CC(F)=C4CC(=O)C=C[C@]4(C)[C@@]3(F)[C@@H](O)C[C@@]21C. The number of hydrogen-bond donors (Lipinski definition) is 1. The Morgan fingerprint density at radius 2 is 1.91 bits per heavy atom. The molecule has 0 spiro atoms. The smallest absolute Gasteiger partial charge is 0.312 e. The Bertz CT molecular complexity index is 1010. The molecule has 4 aliphatic carbocycles. The minimum absolute atomic E-state index is 0.0179. The molecule has 0 bridgehead atoms. The lowest BCUT2D eigenvalue weighted by molar-refractivity contribution is -0.230. The van der Waals surface area contributed by atoms with E-state index in [0.29, 0.717) is 6.42 Å². The average molecular weight is 499 g/mol. The van der Waals surface area contributed by atoms with Gasteiger partial charge in [-0.1, -0.05) is 26.8 Å². The summed E-state index contributed by atoms with van der Waals surface area (Å²) in [4.78, 5) is 37.0. The van der Waals surface area contributed by atoms with E-state index in [1.54, 1.807) is 20.8 Å². The summed E-state index contributed by atoms with van der Waals surface area (Å²) in [6, 6.07) is 0. The second kappa shape index (κ2) is 8.46. The number of ether oxygens (including phenoxy) is 2. The van der Waals surface area contributed by atoms with Crippen molar-refractivity contribution in [2.24, 2.45) is 28.6 Å². The second-order valence-electron chi connectivity index (χ2n) is 11.0. The van der Waals surface area contributed by atoms with Crippen molar-refractivity contribution >= 4 is 17.7 Å². The molecule has 194 valence electrons. The third-order valence-electron chi connectivity index (χ3n) is 9.63. The maximum Gasteiger partial charge on any atom is 0.312 e. The first-order valence-electron chi connectivity index (χ1n) is 12.2. The molecule has 8 atom stereocenters. The first-order chi connectivity index (χ1) is 16.3. The van der Waals surface area contributed by atoms with Crippen LogP contribution in [-0.2, 0) is 23.9 Å². The molecule has 2 fully saturated rings. The van der Waals surface area contributed by atoms with Crippen molar-refractivity contribution in [3.63, 3.8) is 0 Å². The first-order valence-corrected chi connectivity index (χ1v) is 12.2. The second-order valence-corrected chi connectivity index (χ2v) is 11.0. The minimum Gasteiger partial charge on any atom is -0.458 e. The van der Waals surface area contributed by atoms with Crippen molar-refractivity contribution in [3.05, 3.63) is 23.6 Å². The topological polar surface area (TPSA) is 89.9 Å². The number of alkyl halides is 2. The van der Waals surface area contributed by atoms with Gasteiger partial charge in [0.25, 0.3) is 0 Å². The number of aliphatic hydroxyl groups is 1. The Kier molecular flexibility index (Phi) is 6.26. The summed E-state index contributed by atoms with van der Waals surface area (Å²) < 4.78 is 56.0. The van der Waals surface area contributed by atoms with Crippen LogP contribution in [0.25, 0.3) is 0 Å². The third-order valence-corrected chi connectivity index (χ3v) is 9.63. The molecule has 4 aliphatic rings. The van der Waals surface area contributed by atoms with Crippen molar-refractivity contribution < 1.29 is 42.1 Å². The maximum atomic E-state index is 17.3. The number of allylic oxidation sites excluding steroid dienone is 4. The van der Waals surface area contributed by atoms with Gasteiger partial charge in [-0.3, -0.25) is 14.4 Å². The lowest BCUT2D eigenvalue weighted by atomic mass is 9.45. The molecule has 0 amide bonds. The van der Waals surface area contributed by atoms with Crippen LogP contribution in [0.15, 0.2) is 23.6 Å². The van der Waals surface area contributed by atoms with Crippen molar-refractivity contribution in [1.82, 2.24) is 0 Å². The highest BCUT2D eigenvalue weighted by atomic mass is 19.1. The molecule has 0 saturated heterocycles. The molecule has 4 rings (SSSR count). The van der Waals surface area contributed by atoms with Crippen LogP contribution in [0.4, 0.5) is 13.2 Å². The summed E-state index contributed by atoms with van der Waals surface area (Å²) in [7, 11) is 0. The van der Waals surface area contributed by atoms with Crippen LogP contribution in [0.5, 0.6) is 0 Å². The van der Waals surface area contributed by atoms with Gasteiger partial charge in [0.1, 0.15) is 11.4 Å². The number of halogens is 3. The highest BCUT2D eigenvalue weighted by Crippen LogP contribution is 2.72. The van der Waals surface area contributed by atoms with Crippen molar-refractivity contribution in [3.8, 4) is 0 Å². The number of fused-ring (bicyclic) bond motifs is 5. The van der Waals surface area contributed by atoms with Crippen LogP contribution < -0.4 is 0 Å². The average Bonchev–Trinajstić information content (AvgIpc) is 2.98. The highest BCUT2D eigenvalue weighted by molar-refractivity contribution is 5.93. The zero-order chi connectivity index (χ0) is 26.0. The molecule has 9 heteroatoms. The van der Waals surface area contributed by atoms with Crippen LogP contribution in [0.1, 0.15) is 66.2 Å². The van der Waals surface area contributed by atoms with Crippen molar-refractivity contribution in [2.75, 3.05) is 6.86 Å². The third kappa shape index (κ3) is 3.36. The van der Waals surface area contributed by atoms with Gasteiger partial charge in [-0.2, -0.15) is 0 Å². The van der Waals surface area contributed by atoms with E-state index in [2.05, 4.69) is 4.74 Å². The largest absolute Gasteiger partial charge is 0.458 e. The van der Waals surface area contributed by atoms with Gasteiger partial charge in [0.05, 0.1) is 12.5 Å². The van der Waals surface area contributed by atoms with Crippen molar-refractivity contribution in [1.29, 1.82) is 0 Å². The van der Waals surface area contributed by atoms with Crippen LogP contribution in [-0.4, -0.2) is 47.1 Å². The highest BCUT2D eigenvalue weighted by Gasteiger charge is 2.76. The van der Waals surface area contributed by atoms with Gasteiger partial charge in [0.15, 0.2) is 11.5 Å². The number of hydrogen-bond acceptors (Lipinski definition) is 6. The molecule has 6 nitrogen and oxygen atoms in total. The number of carbonyl (C=O) groups is 3. The molecular weight excluding hydrogens is 465 g/mol. The summed E-state index contributed by atoms with van der Waals surface area (Å²) in [5, 5.41) is 11.4. The van der Waals surface area contributed by atoms with E-state index in [1.807, 2.05) is 0 Å². The molecule has 0 heterocycles. The van der Waals surface area contributed by atoms with Crippen molar-refractivity contribution in [2.45, 2.75) is 83.6 Å². The Morgan fingerprint density at radius 3 is 2.54 bits per heavy atom. The molecule has 0 aliphatic heterocycles. The van der Waals surface area contributed by atoms with E-state index in [1.165, 1.54) is 19.1 Å². The predicted octanol–water partition coefficient (Wildman–Crippen LogP) is 4.45. The normalized spacial score (nSPS) is 44.4. The van der Waals surface area contributed by atoms with Gasteiger partial charge in [-0.25, -0.2) is 13.2 Å². The summed E-state index contributed by atoms with van der Waals surface area (Å²) >= 11 is 0. The zero-order valence-electron chi connectivity index (χ0n) is 20.5. The molecule has 0 aromatic heterocycles. The summed E-state index contributed by atoms with van der Waals surface area (Å²) in [6.45, 7) is 5.27. The lowest BCUT2D eigenvalue weighted by Gasteiger charge is -2.62. The number of rotatable bonds is 5. The quantitative estimate of drug-likeness (QED) is 0.564. The lowest BCUT2D eigenvalue weighted by Crippen LogP contribution is -2.68. The zero-order valence-corrected chi connectivity index (χ0v) is 20.5. The standard InChI is InChI=1S/C26H33F3O6/c1-5-21(32)35-25(12-22(33)34-13-27)14(2)8-16-17-10-19(28)18-9-15(30)6-7-23(18,3)26(17,29)20(31)11-24(16,25)4/h6-7,14,16-17,20,31H,5,8-13H2,1-4H3/t14-,16+,17+,20+,23+,24+,25-,26+/m1/s1. The minimum atomic E-state index is -2.27.